The second-order valence-electron chi connectivity index (χ2n) is 3.99. The van der Waals surface area contributed by atoms with Crippen LogP contribution < -0.4 is 10.5 Å². The van der Waals surface area contributed by atoms with Crippen molar-refractivity contribution in [3.05, 3.63) is 29.8 Å². The number of hydrogen-bond donors (Lipinski definition) is 1. The highest BCUT2D eigenvalue weighted by molar-refractivity contribution is 5.75. The number of aryl methyl sites for hydroxylation is 1. The van der Waals surface area contributed by atoms with Crippen LogP contribution in [0.1, 0.15) is 25.8 Å². The summed E-state index contributed by atoms with van der Waals surface area (Å²) in [7, 11) is 0. The quantitative estimate of drug-likeness (QED) is 0.752. The summed E-state index contributed by atoms with van der Waals surface area (Å²) < 4.78 is 10.3. The minimum absolute atomic E-state index is 0.353. The van der Waals surface area contributed by atoms with Gasteiger partial charge in [-0.05, 0) is 31.0 Å². The van der Waals surface area contributed by atoms with Crippen molar-refractivity contribution in [2.45, 2.75) is 32.7 Å². The molecule has 0 saturated carbocycles. The zero-order valence-electron chi connectivity index (χ0n) is 11.0. The van der Waals surface area contributed by atoms with Gasteiger partial charge in [-0.25, -0.2) is 0 Å². The molecular weight excluding hydrogens is 230 g/mol. The summed E-state index contributed by atoms with van der Waals surface area (Å²) in [5.74, 6) is 0.422. The van der Waals surface area contributed by atoms with Crippen LogP contribution in [0.15, 0.2) is 24.3 Å². The van der Waals surface area contributed by atoms with Gasteiger partial charge in [-0.15, -0.1) is 0 Å². The maximum absolute atomic E-state index is 11.3. The van der Waals surface area contributed by atoms with Crippen LogP contribution in [0, 0.1) is 0 Å². The van der Waals surface area contributed by atoms with Crippen LogP contribution in [-0.4, -0.2) is 25.2 Å². The van der Waals surface area contributed by atoms with Gasteiger partial charge in [-0.1, -0.05) is 19.1 Å². The number of benzene rings is 1. The molecule has 0 aromatic heterocycles. The molecule has 0 aliphatic heterocycles. The Morgan fingerprint density at radius 1 is 1.28 bits per heavy atom. The van der Waals surface area contributed by atoms with Gasteiger partial charge in [0.1, 0.15) is 11.8 Å². The lowest BCUT2D eigenvalue weighted by Crippen LogP contribution is -2.33. The summed E-state index contributed by atoms with van der Waals surface area (Å²) in [6, 6.07) is 7.30. The molecule has 0 spiro atoms. The highest BCUT2D eigenvalue weighted by Gasteiger charge is 2.14. The normalized spacial score (nSPS) is 11.9. The van der Waals surface area contributed by atoms with Crippen molar-refractivity contribution in [1.29, 1.82) is 0 Å². The van der Waals surface area contributed by atoms with Crippen molar-refractivity contribution in [3.63, 3.8) is 0 Å². The molecule has 0 fully saturated rings. The summed E-state index contributed by atoms with van der Waals surface area (Å²) >= 11 is 0. The van der Waals surface area contributed by atoms with Crippen LogP contribution >= 0.6 is 0 Å². The van der Waals surface area contributed by atoms with Crippen molar-refractivity contribution in [1.82, 2.24) is 0 Å². The number of carbonyl (C=O) groups excluding carboxylic acids is 1. The first-order chi connectivity index (χ1) is 8.67. The minimum atomic E-state index is -0.611. The number of esters is 1. The number of hydrogen-bond acceptors (Lipinski definition) is 4. The van der Waals surface area contributed by atoms with Crippen LogP contribution in [-0.2, 0) is 16.0 Å². The Morgan fingerprint density at radius 3 is 2.50 bits per heavy atom. The molecule has 0 amide bonds. The van der Waals surface area contributed by atoms with Crippen molar-refractivity contribution in [2.24, 2.45) is 5.73 Å². The number of nitrogens with two attached hydrogens (primary N) is 1. The molecular formula is C14H21NO3. The fourth-order valence-corrected chi connectivity index (χ4v) is 1.49. The van der Waals surface area contributed by atoms with Crippen LogP contribution in [0.3, 0.4) is 0 Å². The molecule has 1 aromatic rings. The van der Waals surface area contributed by atoms with Crippen molar-refractivity contribution >= 4 is 5.97 Å². The van der Waals surface area contributed by atoms with E-state index in [2.05, 4.69) is 6.92 Å². The van der Waals surface area contributed by atoms with E-state index >= 15 is 0 Å². The molecule has 1 aromatic carbocycles. The maximum atomic E-state index is 11.3. The average Bonchev–Trinajstić information content (AvgIpc) is 2.39. The van der Waals surface area contributed by atoms with Crippen LogP contribution in [0.2, 0.25) is 0 Å². The fourth-order valence-electron chi connectivity index (χ4n) is 1.49. The third-order valence-corrected chi connectivity index (χ3v) is 2.62. The SMILES string of the molecule is CCOC(=O)C(N)CCOc1ccc(CC)cc1. The van der Waals surface area contributed by atoms with Gasteiger partial charge in [0.25, 0.3) is 0 Å². The van der Waals surface area contributed by atoms with E-state index in [9.17, 15) is 4.79 Å². The lowest BCUT2D eigenvalue weighted by atomic mass is 10.2. The predicted molar refractivity (Wildman–Crippen MR) is 70.5 cm³/mol. The topological polar surface area (TPSA) is 61.5 Å². The molecule has 1 atom stereocenters. The zero-order chi connectivity index (χ0) is 13.4. The Balaban J connectivity index is 2.30. The van der Waals surface area contributed by atoms with Gasteiger partial charge in [-0.3, -0.25) is 4.79 Å². The third kappa shape index (κ3) is 4.75. The van der Waals surface area contributed by atoms with Crippen molar-refractivity contribution in [3.8, 4) is 5.75 Å². The van der Waals surface area contributed by atoms with E-state index in [0.717, 1.165) is 12.2 Å². The molecule has 4 heteroatoms. The maximum Gasteiger partial charge on any atom is 0.323 e. The van der Waals surface area contributed by atoms with E-state index in [4.69, 9.17) is 15.2 Å². The standard InChI is InChI=1S/C14H21NO3/c1-3-11-5-7-12(8-6-11)18-10-9-13(15)14(16)17-4-2/h5-8,13H,3-4,9-10,15H2,1-2H3. The summed E-state index contributed by atoms with van der Waals surface area (Å²) in [6.45, 7) is 4.63. The molecule has 18 heavy (non-hydrogen) atoms. The second kappa shape index (κ2) is 7.71. The van der Waals surface area contributed by atoms with Crippen molar-refractivity contribution < 1.29 is 14.3 Å². The Kier molecular flexibility index (Phi) is 6.22. The molecule has 0 radical (unpaired) electrons. The van der Waals surface area contributed by atoms with Crippen LogP contribution in [0.5, 0.6) is 5.75 Å². The second-order valence-corrected chi connectivity index (χ2v) is 3.99. The van der Waals surface area contributed by atoms with Gasteiger partial charge in [0.05, 0.1) is 13.2 Å². The predicted octanol–water partition coefficient (Wildman–Crippen LogP) is 1.91. The highest BCUT2D eigenvalue weighted by atomic mass is 16.5. The average molecular weight is 251 g/mol. The molecule has 1 unspecified atom stereocenters. The first-order valence-corrected chi connectivity index (χ1v) is 6.31. The van der Waals surface area contributed by atoms with E-state index < -0.39 is 6.04 Å². The minimum Gasteiger partial charge on any atom is -0.494 e. The van der Waals surface area contributed by atoms with Gasteiger partial charge < -0.3 is 15.2 Å². The Labute approximate surface area is 108 Å². The lowest BCUT2D eigenvalue weighted by molar-refractivity contribution is -0.145. The number of carbonyl (C=O) groups is 1. The highest BCUT2D eigenvalue weighted by Crippen LogP contribution is 2.12. The van der Waals surface area contributed by atoms with Crippen LogP contribution in [0.4, 0.5) is 0 Å². The van der Waals surface area contributed by atoms with Gasteiger partial charge >= 0.3 is 5.97 Å². The first-order valence-electron chi connectivity index (χ1n) is 6.31. The number of ether oxygens (including phenoxy) is 2. The molecule has 0 saturated heterocycles. The summed E-state index contributed by atoms with van der Waals surface area (Å²) in [6.07, 6.45) is 1.46. The molecule has 0 aliphatic carbocycles. The monoisotopic (exact) mass is 251 g/mol. The summed E-state index contributed by atoms with van der Waals surface area (Å²) in [4.78, 5) is 11.3. The largest absolute Gasteiger partial charge is 0.494 e. The van der Waals surface area contributed by atoms with E-state index in [1.165, 1.54) is 5.56 Å². The van der Waals surface area contributed by atoms with Crippen LogP contribution in [0.25, 0.3) is 0 Å². The smallest absolute Gasteiger partial charge is 0.323 e. The van der Waals surface area contributed by atoms with Crippen molar-refractivity contribution in [2.75, 3.05) is 13.2 Å². The molecule has 2 N–H and O–H groups in total. The molecule has 100 valence electrons. The van der Waals surface area contributed by atoms with Gasteiger partial charge in [0.15, 0.2) is 0 Å². The zero-order valence-corrected chi connectivity index (χ0v) is 11.0. The first kappa shape index (κ1) is 14.5. The fraction of sp³-hybridized carbons (Fsp3) is 0.500. The Hall–Kier alpha value is -1.55. The Morgan fingerprint density at radius 2 is 1.94 bits per heavy atom. The summed E-state index contributed by atoms with van der Waals surface area (Å²) in [5, 5.41) is 0. The molecule has 0 heterocycles. The van der Waals surface area contributed by atoms with Gasteiger partial charge in [0, 0.05) is 6.42 Å². The van der Waals surface area contributed by atoms with E-state index in [1.807, 2.05) is 24.3 Å². The molecule has 1 rings (SSSR count). The van der Waals surface area contributed by atoms with Gasteiger partial charge in [-0.2, -0.15) is 0 Å². The number of rotatable bonds is 7. The van der Waals surface area contributed by atoms with E-state index in [0.29, 0.717) is 19.6 Å². The van der Waals surface area contributed by atoms with E-state index in [-0.39, 0.29) is 5.97 Å². The lowest BCUT2D eigenvalue weighted by Gasteiger charge is -2.11. The van der Waals surface area contributed by atoms with Gasteiger partial charge in [0.2, 0.25) is 0 Å². The molecule has 0 aliphatic rings. The van der Waals surface area contributed by atoms with E-state index in [1.54, 1.807) is 6.92 Å². The summed E-state index contributed by atoms with van der Waals surface area (Å²) in [5.41, 5.74) is 6.93. The Bertz CT molecular complexity index is 362. The third-order valence-electron chi connectivity index (χ3n) is 2.62. The molecule has 4 nitrogen and oxygen atoms in total. The molecule has 0 bridgehead atoms.